The molecule has 1 saturated heterocycles. The highest BCUT2D eigenvalue weighted by molar-refractivity contribution is 14.0. The first-order valence-corrected chi connectivity index (χ1v) is 9.00. The summed E-state index contributed by atoms with van der Waals surface area (Å²) in [4.78, 5) is 13.2. The van der Waals surface area contributed by atoms with Gasteiger partial charge < -0.3 is 24.7 Å². The molecule has 1 aliphatic rings. The summed E-state index contributed by atoms with van der Waals surface area (Å²) in [6.07, 6.45) is 4.34. The molecule has 138 valence electrons. The molecular formula is C16H24IN5O2S. The molecule has 0 unspecified atom stereocenters. The van der Waals surface area contributed by atoms with Crippen LogP contribution in [0.4, 0.5) is 5.13 Å². The molecule has 0 atom stereocenters. The third-order valence-electron chi connectivity index (χ3n) is 3.84. The molecule has 2 aromatic heterocycles. The lowest BCUT2D eigenvalue weighted by molar-refractivity contribution is 0.105. The van der Waals surface area contributed by atoms with E-state index in [-0.39, 0.29) is 24.0 Å². The molecule has 0 aliphatic carbocycles. The summed E-state index contributed by atoms with van der Waals surface area (Å²) in [6.45, 7) is 5.44. The van der Waals surface area contributed by atoms with Gasteiger partial charge >= 0.3 is 0 Å². The highest BCUT2D eigenvalue weighted by Gasteiger charge is 2.19. The van der Waals surface area contributed by atoms with E-state index in [1.807, 2.05) is 23.7 Å². The molecule has 0 saturated carbocycles. The van der Waals surface area contributed by atoms with Crippen LogP contribution in [0.25, 0.3) is 0 Å². The minimum atomic E-state index is 0. The summed E-state index contributed by atoms with van der Waals surface area (Å²) in [7, 11) is 0. The summed E-state index contributed by atoms with van der Waals surface area (Å²) < 4.78 is 10.7. The number of guanidine groups is 1. The standard InChI is InChI=1S/C16H23N5O2S.HI/c17-15(18-4-2-10-22-13-14-3-1-11-23-14)20-6-8-21(9-7-20)16-19-5-12-24-16;/h1,3,5,11-12H,2,4,6-10,13H2,(H2,17,18);1H. The fraction of sp³-hybridized carbons (Fsp3) is 0.500. The van der Waals surface area contributed by atoms with Crippen molar-refractivity contribution in [1.82, 2.24) is 9.88 Å². The zero-order valence-electron chi connectivity index (χ0n) is 14.0. The number of piperazine rings is 1. The molecule has 7 nitrogen and oxygen atoms in total. The molecule has 2 N–H and O–H groups in total. The number of aliphatic imine (C=N–C) groups is 1. The summed E-state index contributed by atoms with van der Waals surface area (Å²) in [5.74, 6) is 1.47. The van der Waals surface area contributed by atoms with Crippen molar-refractivity contribution in [2.45, 2.75) is 13.0 Å². The maximum Gasteiger partial charge on any atom is 0.191 e. The lowest BCUT2D eigenvalue weighted by atomic mass is 10.3. The van der Waals surface area contributed by atoms with Crippen LogP contribution in [-0.2, 0) is 11.3 Å². The molecule has 0 bridgehead atoms. The van der Waals surface area contributed by atoms with Crippen LogP contribution in [0.1, 0.15) is 12.2 Å². The van der Waals surface area contributed by atoms with E-state index in [2.05, 4.69) is 19.8 Å². The van der Waals surface area contributed by atoms with Crippen LogP contribution >= 0.6 is 35.3 Å². The molecule has 1 aliphatic heterocycles. The Morgan fingerprint density at radius 2 is 2.20 bits per heavy atom. The average molecular weight is 477 g/mol. The van der Waals surface area contributed by atoms with Crippen LogP contribution < -0.4 is 10.6 Å². The molecule has 25 heavy (non-hydrogen) atoms. The van der Waals surface area contributed by atoms with Crippen molar-refractivity contribution in [2.24, 2.45) is 10.7 Å². The minimum absolute atomic E-state index is 0. The molecule has 3 heterocycles. The molecular weight excluding hydrogens is 453 g/mol. The van der Waals surface area contributed by atoms with Crippen molar-refractivity contribution in [3.8, 4) is 0 Å². The second-order valence-electron chi connectivity index (χ2n) is 5.51. The summed E-state index contributed by atoms with van der Waals surface area (Å²) >= 11 is 1.67. The van der Waals surface area contributed by atoms with E-state index in [9.17, 15) is 0 Å². The zero-order chi connectivity index (χ0) is 16.6. The van der Waals surface area contributed by atoms with Gasteiger partial charge in [0.1, 0.15) is 12.4 Å². The van der Waals surface area contributed by atoms with Gasteiger partial charge in [-0.05, 0) is 18.6 Å². The summed E-state index contributed by atoms with van der Waals surface area (Å²) in [5, 5.41) is 3.09. The lowest BCUT2D eigenvalue weighted by Crippen LogP contribution is -2.51. The number of hydrogen-bond acceptors (Lipinski definition) is 6. The first-order valence-electron chi connectivity index (χ1n) is 8.12. The molecule has 9 heteroatoms. The fourth-order valence-electron chi connectivity index (χ4n) is 2.53. The Hall–Kier alpha value is -1.33. The van der Waals surface area contributed by atoms with Crippen molar-refractivity contribution in [1.29, 1.82) is 0 Å². The number of nitrogens with zero attached hydrogens (tertiary/aromatic N) is 4. The maximum absolute atomic E-state index is 6.09. The van der Waals surface area contributed by atoms with Gasteiger partial charge in [-0.25, -0.2) is 4.98 Å². The second-order valence-corrected chi connectivity index (χ2v) is 6.39. The Kier molecular flexibility index (Phi) is 8.49. The number of aromatic nitrogens is 1. The minimum Gasteiger partial charge on any atom is -0.467 e. The maximum atomic E-state index is 6.09. The number of halogens is 1. The van der Waals surface area contributed by atoms with Gasteiger partial charge in [0.25, 0.3) is 0 Å². The van der Waals surface area contributed by atoms with Crippen LogP contribution in [0.3, 0.4) is 0 Å². The normalized spacial score (nSPS) is 15.3. The molecule has 0 amide bonds. The fourth-order valence-corrected chi connectivity index (χ4v) is 3.22. The van der Waals surface area contributed by atoms with Gasteiger partial charge in [0, 0.05) is 50.9 Å². The van der Waals surface area contributed by atoms with Gasteiger partial charge in [0.15, 0.2) is 11.1 Å². The van der Waals surface area contributed by atoms with Gasteiger partial charge in [0.05, 0.1) is 6.26 Å². The van der Waals surface area contributed by atoms with Crippen LogP contribution in [0.15, 0.2) is 39.4 Å². The number of ether oxygens (including phenoxy) is 1. The van der Waals surface area contributed by atoms with E-state index >= 15 is 0 Å². The predicted octanol–water partition coefficient (Wildman–Crippen LogP) is 2.40. The van der Waals surface area contributed by atoms with Gasteiger partial charge in [-0.15, -0.1) is 35.3 Å². The first kappa shape index (κ1) is 20.0. The Morgan fingerprint density at radius 1 is 1.36 bits per heavy atom. The largest absolute Gasteiger partial charge is 0.467 e. The number of nitrogens with two attached hydrogens (primary N) is 1. The van der Waals surface area contributed by atoms with Crippen LogP contribution in [0, 0.1) is 0 Å². The predicted molar refractivity (Wildman–Crippen MR) is 111 cm³/mol. The quantitative estimate of drug-likeness (QED) is 0.286. The van der Waals surface area contributed by atoms with E-state index < -0.39 is 0 Å². The highest BCUT2D eigenvalue weighted by atomic mass is 127. The Morgan fingerprint density at radius 3 is 2.88 bits per heavy atom. The number of anilines is 1. The van der Waals surface area contributed by atoms with Crippen LogP contribution in [0.2, 0.25) is 0 Å². The molecule has 0 aromatic carbocycles. The highest BCUT2D eigenvalue weighted by Crippen LogP contribution is 2.18. The van der Waals surface area contributed by atoms with E-state index in [1.54, 1.807) is 17.6 Å². The number of thiazole rings is 1. The Balaban J connectivity index is 0.00000225. The van der Waals surface area contributed by atoms with Crippen molar-refractivity contribution in [2.75, 3.05) is 44.2 Å². The number of hydrogen-bond donors (Lipinski definition) is 1. The SMILES string of the molecule is I.NC(=NCCCOCc1ccco1)N1CCN(c2nccs2)CC1. The van der Waals surface area contributed by atoms with Gasteiger partial charge in [0.2, 0.25) is 0 Å². The molecule has 0 spiro atoms. The average Bonchev–Trinajstić information content (AvgIpc) is 3.31. The summed E-state index contributed by atoms with van der Waals surface area (Å²) in [5.41, 5.74) is 6.09. The summed E-state index contributed by atoms with van der Waals surface area (Å²) in [6, 6.07) is 3.76. The lowest BCUT2D eigenvalue weighted by Gasteiger charge is -2.35. The monoisotopic (exact) mass is 477 g/mol. The third kappa shape index (κ3) is 6.15. The van der Waals surface area contributed by atoms with Gasteiger partial charge in [-0.2, -0.15) is 0 Å². The molecule has 2 aromatic rings. The number of furan rings is 1. The third-order valence-corrected chi connectivity index (χ3v) is 4.67. The van der Waals surface area contributed by atoms with E-state index in [0.717, 1.165) is 43.5 Å². The van der Waals surface area contributed by atoms with Crippen molar-refractivity contribution in [3.05, 3.63) is 35.7 Å². The smallest absolute Gasteiger partial charge is 0.191 e. The molecule has 0 radical (unpaired) electrons. The molecule has 3 rings (SSSR count). The van der Waals surface area contributed by atoms with E-state index in [1.165, 1.54) is 0 Å². The van der Waals surface area contributed by atoms with Gasteiger partial charge in [-0.3, -0.25) is 4.99 Å². The van der Waals surface area contributed by atoms with E-state index in [4.69, 9.17) is 14.9 Å². The van der Waals surface area contributed by atoms with Crippen LogP contribution in [0.5, 0.6) is 0 Å². The molecule has 1 fully saturated rings. The topological polar surface area (TPSA) is 80.1 Å². The van der Waals surface area contributed by atoms with Crippen LogP contribution in [-0.4, -0.2) is 55.2 Å². The Labute approximate surface area is 168 Å². The van der Waals surface area contributed by atoms with Crippen molar-refractivity contribution >= 4 is 46.4 Å². The van der Waals surface area contributed by atoms with Gasteiger partial charge in [-0.1, -0.05) is 0 Å². The first-order chi connectivity index (χ1) is 11.8. The van der Waals surface area contributed by atoms with Crippen molar-refractivity contribution < 1.29 is 9.15 Å². The zero-order valence-corrected chi connectivity index (χ0v) is 17.2. The van der Waals surface area contributed by atoms with Crippen molar-refractivity contribution in [3.63, 3.8) is 0 Å². The number of rotatable bonds is 7. The van der Waals surface area contributed by atoms with E-state index in [0.29, 0.717) is 25.7 Å². The Bertz CT molecular complexity index is 613. The second kappa shape index (κ2) is 10.6.